The summed E-state index contributed by atoms with van der Waals surface area (Å²) in [5.74, 6) is 1.17. The molecule has 1 N–H and O–H groups in total. The number of carbonyl (C=O) groups excluding carboxylic acids is 1. The average Bonchev–Trinajstić information content (AvgIpc) is 2.81. The van der Waals surface area contributed by atoms with Crippen LogP contribution in [0.1, 0.15) is 27.5 Å². The monoisotopic (exact) mass is 417 g/mol. The number of hydrogen-bond acceptors (Lipinski definition) is 5. The number of carbonyl (C=O) groups is 1. The predicted molar refractivity (Wildman–Crippen MR) is 119 cm³/mol. The van der Waals surface area contributed by atoms with Crippen molar-refractivity contribution in [2.75, 3.05) is 32.8 Å². The second-order valence-corrected chi connectivity index (χ2v) is 7.60. The topological polar surface area (TPSA) is 63.7 Å². The zero-order valence-corrected chi connectivity index (χ0v) is 17.7. The van der Waals surface area contributed by atoms with E-state index in [-0.39, 0.29) is 11.9 Å². The highest BCUT2D eigenvalue weighted by Crippen LogP contribution is 2.24. The maximum absolute atomic E-state index is 12.9. The second-order valence-electron chi connectivity index (χ2n) is 7.60. The van der Waals surface area contributed by atoms with Crippen molar-refractivity contribution in [3.63, 3.8) is 0 Å². The fourth-order valence-electron chi connectivity index (χ4n) is 3.76. The molecule has 1 unspecified atom stereocenters. The number of amides is 1. The highest BCUT2D eigenvalue weighted by molar-refractivity contribution is 5.94. The molecule has 0 radical (unpaired) electrons. The Morgan fingerprint density at radius 3 is 2.61 bits per heavy atom. The Morgan fingerprint density at radius 1 is 1.06 bits per heavy atom. The van der Waals surface area contributed by atoms with Crippen LogP contribution in [-0.2, 0) is 4.74 Å². The quantitative estimate of drug-likeness (QED) is 0.630. The van der Waals surface area contributed by atoms with Crippen LogP contribution >= 0.6 is 0 Å². The summed E-state index contributed by atoms with van der Waals surface area (Å²) in [5.41, 5.74) is 2.98. The largest absolute Gasteiger partial charge is 0.457 e. The summed E-state index contributed by atoms with van der Waals surface area (Å²) in [6, 6.07) is 19.3. The van der Waals surface area contributed by atoms with Crippen molar-refractivity contribution < 1.29 is 14.3 Å². The van der Waals surface area contributed by atoms with Gasteiger partial charge in [-0.25, -0.2) is 0 Å². The van der Waals surface area contributed by atoms with Gasteiger partial charge < -0.3 is 14.8 Å². The van der Waals surface area contributed by atoms with E-state index < -0.39 is 0 Å². The lowest BCUT2D eigenvalue weighted by atomic mass is 10.0. The number of benzene rings is 2. The average molecular weight is 418 g/mol. The lowest BCUT2D eigenvalue weighted by Crippen LogP contribution is -2.43. The molecular formula is C25H27N3O3. The molecule has 2 aromatic carbocycles. The van der Waals surface area contributed by atoms with Gasteiger partial charge in [0.2, 0.25) is 0 Å². The van der Waals surface area contributed by atoms with Gasteiger partial charge in [-0.05, 0) is 42.8 Å². The number of pyridine rings is 1. The highest BCUT2D eigenvalue weighted by atomic mass is 16.5. The maximum Gasteiger partial charge on any atom is 0.251 e. The molecule has 1 fully saturated rings. The van der Waals surface area contributed by atoms with E-state index in [0.717, 1.165) is 13.1 Å². The molecule has 160 valence electrons. The van der Waals surface area contributed by atoms with Crippen LogP contribution in [0.3, 0.4) is 0 Å². The van der Waals surface area contributed by atoms with Gasteiger partial charge in [-0.3, -0.25) is 14.7 Å². The van der Waals surface area contributed by atoms with E-state index in [4.69, 9.17) is 9.47 Å². The van der Waals surface area contributed by atoms with E-state index in [2.05, 4.69) is 46.4 Å². The number of aryl methyl sites for hydroxylation is 1. The van der Waals surface area contributed by atoms with Gasteiger partial charge in [-0.1, -0.05) is 35.9 Å². The molecule has 6 heteroatoms. The van der Waals surface area contributed by atoms with Gasteiger partial charge >= 0.3 is 0 Å². The fourth-order valence-corrected chi connectivity index (χ4v) is 3.76. The Balaban J connectivity index is 1.45. The normalized spacial score (nSPS) is 15.3. The van der Waals surface area contributed by atoms with Crippen LogP contribution in [-0.4, -0.2) is 48.6 Å². The molecule has 0 bridgehead atoms. The molecule has 2 heterocycles. The summed E-state index contributed by atoms with van der Waals surface area (Å²) >= 11 is 0. The van der Waals surface area contributed by atoms with E-state index in [1.54, 1.807) is 36.7 Å². The number of nitrogens with one attached hydrogen (secondary N) is 1. The van der Waals surface area contributed by atoms with Gasteiger partial charge in [0.05, 0.1) is 19.3 Å². The van der Waals surface area contributed by atoms with Crippen LogP contribution in [0.25, 0.3) is 0 Å². The van der Waals surface area contributed by atoms with Crippen molar-refractivity contribution in [2.24, 2.45) is 0 Å². The molecule has 4 rings (SSSR count). The maximum atomic E-state index is 12.9. The molecule has 6 nitrogen and oxygen atoms in total. The van der Waals surface area contributed by atoms with E-state index in [9.17, 15) is 4.79 Å². The molecule has 3 aromatic rings. The second kappa shape index (κ2) is 10.2. The first-order valence-corrected chi connectivity index (χ1v) is 10.5. The first-order valence-electron chi connectivity index (χ1n) is 10.5. The minimum atomic E-state index is -0.119. The zero-order chi connectivity index (χ0) is 21.5. The summed E-state index contributed by atoms with van der Waals surface area (Å²) in [4.78, 5) is 19.3. The molecule has 1 saturated heterocycles. The van der Waals surface area contributed by atoms with E-state index in [1.807, 2.05) is 12.1 Å². The lowest BCUT2D eigenvalue weighted by Gasteiger charge is -2.35. The van der Waals surface area contributed by atoms with Gasteiger partial charge in [-0.2, -0.15) is 0 Å². The molecule has 1 aliphatic heterocycles. The Hall–Kier alpha value is -3.22. The number of rotatable bonds is 7. The van der Waals surface area contributed by atoms with Gasteiger partial charge in [0.15, 0.2) is 0 Å². The minimum Gasteiger partial charge on any atom is -0.457 e. The third-order valence-corrected chi connectivity index (χ3v) is 5.35. The molecular weight excluding hydrogens is 390 g/mol. The first kappa shape index (κ1) is 21.0. The van der Waals surface area contributed by atoms with E-state index in [1.165, 1.54) is 11.1 Å². The number of hydrogen-bond donors (Lipinski definition) is 1. The van der Waals surface area contributed by atoms with E-state index >= 15 is 0 Å². The minimum absolute atomic E-state index is 0.101. The molecule has 31 heavy (non-hydrogen) atoms. The summed E-state index contributed by atoms with van der Waals surface area (Å²) in [6.45, 7) is 5.74. The summed E-state index contributed by atoms with van der Waals surface area (Å²) < 4.78 is 11.3. The smallest absolute Gasteiger partial charge is 0.251 e. The molecule has 1 atom stereocenters. The van der Waals surface area contributed by atoms with Crippen molar-refractivity contribution in [3.8, 4) is 11.5 Å². The first-order chi connectivity index (χ1) is 15.2. The zero-order valence-electron chi connectivity index (χ0n) is 17.7. The number of ether oxygens (including phenoxy) is 2. The van der Waals surface area contributed by atoms with Crippen LogP contribution < -0.4 is 10.1 Å². The van der Waals surface area contributed by atoms with Crippen LogP contribution in [0.4, 0.5) is 0 Å². The third-order valence-electron chi connectivity index (χ3n) is 5.35. The van der Waals surface area contributed by atoms with Crippen molar-refractivity contribution >= 4 is 5.91 Å². The summed E-state index contributed by atoms with van der Waals surface area (Å²) in [6.07, 6.45) is 3.34. The molecule has 0 saturated carbocycles. The van der Waals surface area contributed by atoms with Gasteiger partial charge in [0.1, 0.15) is 11.5 Å². The number of aromatic nitrogens is 1. The fraction of sp³-hybridized carbons (Fsp3) is 0.280. The Labute approximate surface area is 182 Å². The van der Waals surface area contributed by atoms with Crippen LogP contribution in [0.5, 0.6) is 11.5 Å². The van der Waals surface area contributed by atoms with Crippen molar-refractivity contribution in [1.82, 2.24) is 15.2 Å². The Kier molecular flexibility index (Phi) is 6.92. The molecule has 1 aliphatic rings. The van der Waals surface area contributed by atoms with Crippen LogP contribution in [0.2, 0.25) is 0 Å². The molecule has 1 aromatic heterocycles. The molecule has 0 spiro atoms. The summed E-state index contributed by atoms with van der Waals surface area (Å²) in [5, 5.41) is 3.12. The van der Waals surface area contributed by atoms with Gasteiger partial charge in [0, 0.05) is 37.6 Å². The SMILES string of the molecule is Cc1cccc(C(CNC(=O)c2cccc(Oc3ccncc3)c2)N2CCOCC2)c1. The summed E-state index contributed by atoms with van der Waals surface area (Å²) in [7, 11) is 0. The van der Waals surface area contributed by atoms with Gasteiger partial charge in [0.25, 0.3) is 5.91 Å². The standard InChI is InChI=1S/C25H27N3O3/c1-19-4-2-5-20(16-19)24(28-12-14-30-15-13-28)18-27-25(29)21-6-3-7-23(17-21)31-22-8-10-26-11-9-22/h2-11,16-17,24H,12-15,18H2,1H3,(H,27,29). The van der Waals surface area contributed by atoms with Crippen LogP contribution in [0.15, 0.2) is 73.1 Å². The van der Waals surface area contributed by atoms with Gasteiger partial charge in [-0.15, -0.1) is 0 Å². The molecule has 0 aliphatic carbocycles. The van der Waals surface area contributed by atoms with Crippen LogP contribution in [0, 0.1) is 6.92 Å². The predicted octanol–water partition coefficient (Wildman–Crippen LogP) is 3.99. The lowest BCUT2D eigenvalue weighted by molar-refractivity contribution is 0.0162. The van der Waals surface area contributed by atoms with Crippen molar-refractivity contribution in [3.05, 3.63) is 89.7 Å². The van der Waals surface area contributed by atoms with E-state index in [0.29, 0.717) is 36.8 Å². The molecule has 1 amide bonds. The number of morpholine rings is 1. The third kappa shape index (κ3) is 5.69. The van der Waals surface area contributed by atoms with Crippen molar-refractivity contribution in [2.45, 2.75) is 13.0 Å². The van der Waals surface area contributed by atoms with Crippen molar-refractivity contribution in [1.29, 1.82) is 0 Å². The number of nitrogens with zero attached hydrogens (tertiary/aromatic N) is 2. The highest BCUT2D eigenvalue weighted by Gasteiger charge is 2.23. The Morgan fingerprint density at radius 2 is 1.84 bits per heavy atom. The Bertz CT molecular complexity index is 1000.